The molecule has 6 heteroatoms. The molecule has 2 N–H and O–H groups in total. The lowest BCUT2D eigenvalue weighted by molar-refractivity contribution is -0.166. The van der Waals surface area contributed by atoms with E-state index in [0.29, 0.717) is 10.6 Å². The zero-order chi connectivity index (χ0) is 13.4. The molecule has 18 heavy (non-hydrogen) atoms. The van der Waals surface area contributed by atoms with E-state index < -0.39 is 17.8 Å². The highest BCUT2D eigenvalue weighted by molar-refractivity contribution is 6.31. The summed E-state index contributed by atoms with van der Waals surface area (Å²) in [5, 5.41) is 12.6. The summed E-state index contributed by atoms with van der Waals surface area (Å²) in [6.45, 7) is -0.163. The Bertz CT molecular complexity index is 432. The number of rotatable bonds is 4. The van der Waals surface area contributed by atoms with Crippen LogP contribution in [-0.4, -0.2) is 23.4 Å². The zero-order valence-corrected chi connectivity index (χ0v) is 10.2. The molecule has 1 aliphatic rings. The van der Waals surface area contributed by atoms with Crippen molar-refractivity contribution >= 4 is 11.6 Å². The highest BCUT2D eigenvalue weighted by atomic mass is 35.5. The van der Waals surface area contributed by atoms with E-state index in [1.807, 2.05) is 0 Å². The monoisotopic (exact) mass is 279 g/mol. The Morgan fingerprint density at radius 3 is 2.44 bits per heavy atom. The van der Waals surface area contributed by atoms with Crippen molar-refractivity contribution in [2.45, 2.75) is 30.7 Å². The van der Waals surface area contributed by atoms with Gasteiger partial charge in [-0.05, 0) is 18.9 Å². The van der Waals surface area contributed by atoms with Crippen molar-refractivity contribution in [2.24, 2.45) is 0 Å². The van der Waals surface area contributed by atoms with Gasteiger partial charge in [-0.3, -0.25) is 0 Å². The Balaban J connectivity index is 1.98. The van der Waals surface area contributed by atoms with Crippen molar-refractivity contribution in [3.8, 4) is 0 Å². The van der Waals surface area contributed by atoms with E-state index in [2.05, 4.69) is 5.32 Å². The molecular weight excluding hydrogens is 267 g/mol. The van der Waals surface area contributed by atoms with Gasteiger partial charge in [-0.15, -0.1) is 0 Å². The number of hydrogen-bond donors (Lipinski definition) is 2. The fourth-order valence-corrected chi connectivity index (χ4v) is 2.09. The molecule has 1 atom stereocenters. The van der Waals surface area contributed by atoms with Crippen LogP contribution in [0.5, 0.6) is 0 Å². The lowest BCUT2D eigenvalue weighted by atomic mass is 10.1. The molecule has 100 valence electrons. The standard InChI is InChI=1S/C12H13ClF3NO/c13-9-4-2-1-3-8(9)10(18)7-17-11(5-6-11)12(14,15)16/h1-4,10,17-18H,5-7H2. The molecule has 0 saturated heterocycles. The number of aliphatic hydroxyl groups excluding tert-OH is 1. The van der Waals surface area contributed by atoms with Gasteiger partial charge >= 0.3 is 6.18 Å². The predicted octanol–water partition coefficient (Wildman–Crippen LogP) is 3.06. The maximum Gasteiger partial charge on any atom is 0.406 e. The molecule has 1 fully saturated rings. The van der Waals surface area contributed by atoms with Gasteiger partial charge in [0.1, 0.15) is 5.54 Å². The first-order chi connectivity index (χ1) is 8.36. The third-order valence-corrected chi connectivity index (χ3v) is 3.53. The van der Waals surface area contributed by atoms with Crippen molar-refractivity contribution < 1.29 is 18.3 Å². The summed E-state index contributed by atoms with van der Waals surface area (Å²) in [7, 11) is 0. The van der Waals surface area contributed by atoms with Crippen LogP contribution in [0, 0.1) is 0 Å². The largest absolute Gasteiger partial charge is 0.406 e. The van der Waals surface area contributed by atoms with Gasteiger partial charge in [-0.1, -0.05) is 29.8 Å². The SMILES string of the molecule is OC(CNC1(C(F)(F)F)CC1)c1ccccc1Cl. The number of alkyl halides is 3. The summed E-state index contributed by atoms with van der Waals surface area (Å²) in [6, 6.07) is 6.57. The minimum absolute atomic E-state index is 0.0613. The maximum absolute atomic E-state index is 12.7. The van der Waals surface area contributed by atoms with Gasteiger partial charge in [0.25, 0.3) is 0 Å². The van der Waals surface area contributed by atoms with E-state index in [-0.39, 0.29) is 19.4 Å². The smallest absolute Gasteiger partial charge is 0.387 e. The highest BCUT2D eigenvalue weighted by Gasteiger charge is 2.63. The van der Waals surface area contributed by atoms with E-state index >= 15 is 0 Å². The first-order valence-corrected chi connectivity index (χ1v) is 5.98. The van der Waals surface area contributed by atoms with E-state index in [4.69, 9.17) is 11.6 Å². The van der Waals surface area contributed by atoms with Gasteiger partial charge in [0, 0.05) is 17.1 Å². The normalized spacial score (nSPS) is 19.6. The maximum atomic E-state index is 12.7. The zero-order valence-electron chi connectivity index (χ0n) is 9.47. The summed E-state index contributed by atoms with van der Waals surface area (Å²) in [6.07, 6.45) is -5.19. The van der Waals surface area contributed by atoms with Gasteiger partial charge < -0.3 is 10.4 Å². The third kappa shape index (κ3) is 2.63. The Labute approximate surface area is 108 Å². The average molecular weight is 280 g/mol. The quantitative estimate of drug-likeness (QED) is 0.888. The predicted molar refractivity (Wildman–Crippen MR) is 62.4 cm³/mol. The number of β-amino-alcohol motifs (C(OH)–C–C–N with tert-alkyl or cyclic N) is 1. The fourth-order valence-electron chi connectivity index (χ4n) is 1.83. The summed E-state index contributed by atoms with van der Waals surface area (Å²) >= 11 is 5.86. The van der Waals surface area contributed by atoms with Gasteiger partial charge in [0.2, 0.25) is 0 Å². The van der Waals surface area contributed by atoms with Gasteiger partial charge in [-0.25, -0.2) is 0 Å². The van der Waals surface area contributed by atoms with Crippen LogP contribution in [0.1, 0.15) is 24.5 Å². The van der Waals surface area contributed by atoms with E-state index in [1.54, 1.807) is 24.3 Å². The topological polar surface area (TPSA) is 32.3 Å². The fraction of sp³-hybridized carbons (Fsp3) is 0.500. The minimum Gasteiger partial charge on any atom is -0.387 e. The molecule has 0 spiro atoms. The molecule has 2 rings (SSSR count). The van der Waals surface area contributed by atoms with E-state index in [9.17, 15) is 18.3 Å². The second-order valence-corrected chi connectivity index (χ2v) is 4.91. The molecule has 0 aromatic heterocycles. The second-order valence-electron chi connectivity index (χ2n) is 4.50. The number of hydrogen-bond acceptors (Lipinski definition) is 2. The Hall–Kier alpha value is -0.780. The summed E-state index contributed by atoms with van der Waals surface area (Å²) in [4.78, 5) is 0. The van der Waals surface area contributed by atoms with Crippen molar-refractivity contribution in [1.82, 2.24) is 5.32 Å². The van der Waals surface area contributed by atoms with Crippen LogP contribution in [0.2, 0.25) is 5.02 Å². The average Bonchev–Trinajstić information content (AvgIpc) is 3.07. The van der Waals surface area contributed by atoms with Crippen molar-refractivity contribution in [3.63, 3.8) is 0 Å². The van der Waals surface area contributed by atoms with Crippen molar-refractivity contribution in [3.05, 3.63) is 34.9 Å². The molecule has 1 aliphatic carbocycles. The van der Waals surface area contributed by atoms with E-state index in [0.717, 1.165) is 0 Å². The van der Waals surface area contributed by atoms with Gasteiger partial charge in [0.05, 0.1) is 6.10 Å². The van der Waals surface area contributed by atoms with E-state index in [1.165, 1.54) is 0 Å². The van der Waals surface area contributed by atoms with Crippen molar-refractivity contribution in [1.29, 1.82) is 0 Å². The van der Waals surface area contributed by atoms with Crippen LogP contribution in [0.25, 0.3) is 0 Å². The molecule has 1 saturated carbocycles. The van der Waals surface area contributed by atoms with Crippen molar-refractivity contribution in [2.75, 3.05) is 6.54 Å². The molecule has 0 heterocycles. The lowest BCUT2D eigenvalue weighted by Crippen LogP contribution is -2.46. The molecule has 0 amide bonds. The minimum atomic E-state index is -4.27. The molecule has 1 aromatic carbocycles. The molecule has 1 unspecified atom stereocenters. The number of nitrogens with one attached hydrogen (secondary N) is 1. The Morgan fingerprint density at radius 1 is 1.33 bits per heavy atom. The molecule has 0 radical (unpaired) electrons. The molecule has 0 bridgehead atoms. The van der Waals surface area contributed by atoms with Crippen LogP contribution in [0.4, 0.5) is 13.2 Å². The van der Waals surface area contributed by atoms with Crippen LogP contribution < -0.4 is 5.32 Å². The third-order valence-electron chi connectivity index (χ3n) is 3.19. The summed E-state index contributed by atoms with van der Waals surface area (Å²) in [5.74, 6) is 0. The summed E-state index contributed by atoms with van der Waals surface area (Å²) in [5.41, 5.74) is -1.38. The molecular formula is C12H13ClF3NO. The van der Waals surface area contributed by atoms with Crippen LogP contribution in [0.3, 0.4) is 0 Å². The Morgan fingerprint density at radius 2 is 1.94 bits per heavy atom. The molecule has 2 nitrogen and oxygen atoms in total. The first-order valence-electron chi connectivity index (χ1n) is 5.60. The molecule has 1 aromatic rings. The van der Waals surface area contributed by atoms with Crippen LogP contribution in [0.15, 0.2) is 24.3 Å². The van der Waals surface area contributed by atoms with Crippen LogP contribution in [-0.2, 0) is 0 Å². The Kier molecular flexibility index (Phi) is 3.58. The first kappa shape index (κ1) is 13.6. The highest BCUT2D eigenvalue weighted by Crippen LogP contribution is 2.49. The van der Waals surface area contributed by atoms with Gasteiger partial charge in [-0.2, -0.15) is 13.2 Å². The number of halogens is 4. The van der Waals surface area contributed by atoms with Gasteiger partial charge in [0.15, 0.2) is 0 Å². The number of benzene rings is 1. The van der Waals surface area contributed by atoms with Crippen LogP contribution >= 0.6 is 11.6 Å². The lowest BCUT2D eigenvalue weighted by Gasteiger charge is -2.23. The number of aliphatic hydroxyl groups is 1. The molecule has 0 aliphatic heterocycles. The second kappa shape index (κ2) is 4.72. The summed E-state index contributed by atoms with van der Waals surface area (Å²) < 4.78 is 38.0.